The van der Waals surface area contributed by atoms with Crippen LogP contribution in [0, 0.1) is 0 Å². The van der Waals surface area contributed by atoms with Gasteiger partial charge in [-0.05, 0) is 38.8 Å². The van der Waals surface area contributed by atoms with Gasteiger partial charge in [0.25, 0.3) is 0 Å². The van der Waals surface area contributed by atoms with Crippen molar-refractivity contribution in [1.29, 1.82) is 0 Å². The largest absolute Gasteiger partial charge is 0.388 e. The summed E-state index contributed by atoms with van der Waals surface area (Å²) in [5, 5.41) is 16.8. The van der Waals surface area contributed by atoms with E-state index in [0.717, 1.165) is 25.9 Å². The molecule has 0 radical (unpaired) electrons. The molecule has 0 aliphatic carbocycles. The summed E-state index contributed by atoms with van der Waals surface area (Å²) in [6.07, 6.45) is 3.63. The SMILES string of the molecule is CCC(O)(CC)CNC(=O)CSC1CCNCC1. The third-order valence-electron chi connectivity index (χ3n) is 3.67. The van der Waals surface area contributed by atoms with Crippen LogP contribution in [0.2, 0.25) is 0 Å². The molecular weight excluding hydrogens is 248 g/mol. The van der Waals surface area contributed by atoms with E-state index in [2.05, 4.69) is 10.6 Å². The van der Waals surface area contributed by atoms with E-state index in [1.807, 2.05) is 13.8 Å². The van der Waals surface area contributed by atoms with Crippen molar-refractivity contribution in [2.24, 2.45) is 0 Å². The molecule has 1 aliphatic heterocycles. The molecule has 0 atom stereocenters. The zero-order valence-corrected chi connectivity index (χ0v) is 12.3. The van der Waals surface area contributed by atoms with Crippen LogP contribution in [0.4, 0.5) is 0 Å². The number of piperidine rings is 1. The maximum absolute atomic E-state index is 11.7. The van der Waals surface area contributed by atoms with Gasteiger partial charge < -0.3 is 15.7 Å². The lowest BCUT2D eigenvalue weighted by Gasteiger charge is -2.26. The minimum Gasteiger partial charge on any atom is -0.388 e. The highest BCUT2D eigenvalue weighted by molar-refractivity contribution is 8.00. The van der Waals surface area contributed by atoms with Gasteiger partial charge in [-0.2, -0.15) is 0 Å². The van der Waals surface area contributed by atoms with Gasteiger partial charge in [-0.3, -0.25) is 4.79 Å². The smallest absolute Gasteiger partial charge is 0.230 e. The minimum atomic E-state index is -0.741. The predicted octanol–water partition coefficient (Wildman–Crippen LogP) is 1.14. The summed E-state index contributed by atoms with van der Waals surface area (Å²) >= 11 is 1.74. The number of hydrogen-bond donors (Lipinski definition) is 3. The molecule has 0 spiro atoms. The number of carbonyl (C=O) groups excluding carboxylic acids is 1. The molecule has 0 bridgehead atoms. The Bertz CT molecular complexity index is 251. The number of carbonyl (C=O) groups is 1. The van der Waals surface area contributed by atoms with E-state index in [1.165, 1.54) is 0 Å². The Labute approximate surface area is 114 Å². The van der Waals surface area contributed by atoms with Crippen molar-refractivity contribution in [1.82, 2.24) is 10.6 Å². The second-order valence-corrected chi connectivity index (χ2v) is 6.26. The number of hydrogen-bond acceptors (Lipinski definition) is 4. The monoisotopic (exact) mass is 274 g/mol. The van der Waals surface area contributed by atoms with Crippen LogP contribution in [0.1, 0.15) is 39.5 Å². The average molecular weight is 274 g/mol. The lowest BCUT2D eigenvalue weighted by atomic mass is 9.98. The normalized spacial score (nSPS) is 17.7. The van der Waals surface area contributed by atoms with Crippen molar-refractivity contribution >= 4 is 17.7 Å². The Morgan fingerprint density at radius 1 is 1.39 bits per heavy atom. The Balaban J connectivity index is 2.17. The molecule has 106 valence electrons. The Morgan fingerprint density at radius 2 is 2.00 bits per heavy atom. The fourth-order valence-corrected chi connectivity index (χ4v) is 3.03. The first kappa shape index (κ1) is 15.8. The highest BCUT2D eigenvalue weighted by Crippen LogP contribution is 2.19. The molecule has 0 aromatic carbocycles. The van der Waals surface area contributed by atoms with Crippen molar-refractivity contribution in [2.45, 2.75) is 50.4 Å². The lowest BCUT2D eigenvalue weighted by molar-refractivity contribution is -0.119. The highest BCUT2D eigenvalue weighted by Gasteiger charge is 2.23. The fourth-order valence-electron chi connectivity index (χ4n) is 1.97. The number of aliphatic hydroxyl groups is 1. The van der Waals surface area contributed by atoms with E-state index in [1.54, 1.807) is 11.8 Å². The summed E-state index contributed by atoms with van der Waals surface area (Å²) in [7, 11) is 0. The molecule has 1 rings (SSSR count). The molecule has 4 nitrogen and oxygen atoms in total. The van der Waals surface area contributed by atoms with E-state index in [0.29, 0.717) is 30.4 Å². The van der Waals surface area contributed by atoms with Crippen LogP contribution in [-0.2, 0) is 4.79 Å². The first-order valence-corrected chi connectivity index (χ1v) is 7.96. The van der Waals surface area contributed by atoms with E-state index in [-0.39, 0.29) is 5.91 Å². The quantitative estimate of drug-likeness (QED) is 0.651. The molecule has 3 N–H and O–H groups in total. The molecule has 0 aromatic rings. The number of thioether (sulfide) groups is 1. The Hall–Kier alpha value is -0.260. The zero-order valence-electron chi connectivity index (χ0n) is 11.5. The van der Waals surface area contributed by atoms with Gasteiger partial charge in [-0.25, -0.2) is 0 Å². The van der Waals surface area contributed by atoms with Crippen LogP contribution in [0.25, 0.3) is 0 Å². The maximum Gasteiger partial charge on any atom is 0.230 e. The predicted molar refractivity (Wildman–Crippen MR) is 76.9 cm³/mol. The van der Waals surface area contributed by atoms with Gasteiger partial charge >= 0.3 is 0 Å². The third kappa shape index (κ3) is 5.59. The van der Waals surface area contributed by atoms with Crippen molar-refractivity contribution in [3.63, 3.8) is 0 Å². The topological polar surface area (TPSA) is 61.4 Å². The molecule has 1 aliphatic rings. The van der Waals surface area contributed by atoms with E-state index in [9.17, 15) is 9.90 Å². The summed E-state index contributed by atoms with van der Waals surface area (Å²) in [6, 6.07) is 0. The van der Waals surface area contributed by atoms with Crippen molar-refractivity contribution in [2.75, 3.05) is 25.4 Å². The average Bonchev–Trinajstić information content (AvgIpc) is 2.43. The van der Waals surface area contributed by atoms with Gasteiger partial charge in [0.1, 0.15) is 0 Å². The zero-order chi connectivity index (χ0) is 13.4. The first-order chi connectivity index (χ1) is 8.59. The van der Waals surface area contributed by atoms with Gasteiger partial charge in [0.15, 0.2) is 0 Å². The number of nitrogens with one attached hydrogen (secondary N) is 2. The third-order valence-corrected chi connectivity index (χ3v) is 5.04. The summed E-state index contributed by atoms with van der Waals surface area (Å²) < 4.78 is 0. The van der Waals surface area contributed by atoms with Gasteiger partial charge in [-0.15, -0.1) is 11.8 Å². The van der Waals surface area contributed by atoms with Crippen LogP contribution < -0.4 is 10.6 Å². The van der Waals surface area contributed by atoms with Gasteiger partial charge in [0.05, 0.1) is 11.4 Å². The van der Waals surface area contributed by atoms with Crippen molar-refractivity contribution in [3.8, 4) is 0 Å². The fraction of sp³-hybridized carbons (Fsp3) is 0.923. The molecular formula is C13H26N2O2S. The van der Waals surface area contributed by atoms with Crippen LogP contribution in [0.15, 0.2) is 0 Å². The van der Waals surface area contributed by atoms with E-state index < -0.39 is 5.60 Å². The van der Waals surface area contributed by atoms with E-state index in [4.69, 9.17) is 0 Å². The Kier molecular flexibility index (Phi) is 7.04. The second kappa shape index (κ2) is 8.02. The molecule has 0 aromatic heterocycles. The van der Waals surface area contributed by atoms with Gasteiger partial charge in [0.2, 0.25) is 5.91 Å². The number of rotatable bonds is 7. The second-order valence-electron chi connectivity index (χ2n) is 4.97. The first-order valence-electron chi connectivity index (χ1n) is 6.91. The van der Waals surface area contributed by atoms with Gasteiger partial charge in [0, 0.05) is 11.8 Å². The van der Waals surface area contributed by atoms with Crippen LogP contribution >= 0.6 is 11.8 Å². The van der Waals surface area contributed by atoms with Crippen molar-refractivity contribution < 1.29 is 9.90 Å². The van der Waals surface area contributed by atoms with Crippen LogP contribution in [-0.4, -0.2) is 47.3 Å². The molecule has 0 saturated carbocycles. The van der Waals surface area contributed by atoms with Crippen LogP contribution in [0.3, 0.4) is 0 Å². The summed E-state index contributed by atoms with van der Waals surface area (Å²) in [6.45, 7) is 6.37. The molecule has 1 fully saturated rings. The van der Waals surface area contributed by atoms with Crippen LogP contribution in [0.5, 0.6) is 0 Å². The summed E-state index contributed by atoms with van der Waals surface area (Å²) in [4.78, 5) is 11.7. The number of amides is 1. The minimum absolute atomic E-state index is 0.0406. The summed E-state index contributed by atoms with van der Waals surface area (Å²) in [5.74, 6) is 0.549. The van der Waals surface area contributed by atoms with E-state index >= 15 is 0 Å². The van der Waals surface area contributed by atoms with Gasteiger partial charge in [-0.1, -0.05) is 13.8 Å². The molecule has 0 unspecified atom stereocenters. The molecule has 1 heterocycles. The Morgan fingerprint density at radius 3 is 2.56 bits per heavy atom. The highest BCUT2D eigenvalue weighted by atomic mass is 32.2. The van der Waals surface area contributed by atoms with Crippen molar-refractivity contribution in [3.05, 3.63) is 0 Å². The summed E-state index contributed by atoms with van der Waals surface area (Å²) in [5.41, 5.74) is -0.741. The maximum atomic E-state index is 11.7. The molecule has 5 heteroatoms. The standard InChI is InChI=1S/C13H26N2O2S/c1-3-13(17,4-2)10-15-12(16)9-18-11-5-7-14-8-6-11/h11,14,17H,3-10H2,1-2H3,(H,15,16). The molecule has 1 amide bonds. The molecule has 1 saturated heterocycles. The molecule has 18 heavy (non-hydrogen) atoms. The lowest BCUT2D eigenvalue weighted by Crippen LogP contribution is -2.42.